The first-order valence-electron chi connectivity index (χ1n) is 9.15. The molecule has 1 saturated heterocycles. The molecule has 2 heterocycles. The number of fused-ring (bicyclic) bond motifs is 1. The van der Waals surface area contributed by atoms with Crippen molar-refractivity contribution < 1.29 is 0 Å². The monoisotopic (exact) mass is 347 g/mol. The Morgan fingerprint density at radius 2 is 1.69 bits per heavy atom. The normalized spacial score (nSPS) is 15.4. The molecule has 26 heavy (non-hydrogen) atoms. The van der Waals surface area contributed by atoms with Crippen LogP contribution in [0.15, 0.2) is 42.5 Å². The third-order valence-electron chi connectivity index (χ3n) is 5.01. The van der Waals surface area contributed by atoms with Crippen molar-refractivity contribution in [2.45, 2.75) is 13.8 Å². The van der Waals surface area contributed by atoms with Gasteiger partial charge in [-0.3, -0.25) is 0 Å². The first-order chi connectivity index (χ1) is 12.6. The summed E-state index contributed by atoms with van der Waals surface area (Å²) in [5.41, 5.74) is 4.48. The summed E-state index contributed by atoms with van der Waals surface area (Å²) in [5, 5.41) is 4.53. The summed E-state index contributed by atoms with van der Waals surface area (Å²) >= 11 is 0. The smallest absolute Gasteiger partial charge is 0.229 e. The van der Waals surface area contributed by atoms with Gasteiger partial charge in [0.1, 0.15) is 5.82 Å². The molecule has 5 nitrogen and oxygen atoms in total. The molecule has 0 bridgehead atoms. The highest BCUT2D eigenvalue weighted by Crippen LogP contribution is 2.28. The number of hydrogen-bond acceptors (Lipinski definition) is 5. The van der Waals surface area contributed by atoms with Crippen LogP contribution >= 0.6 is 0 Å². The fourth-order valence-corrected chi connectivity index (χ4v) is 3.45. The van der Waals surface area contributed by atoms with Crippen LogP contribution in [0.5, 0.6) is 0 Å². The van der Waals surface area contributed by atoms with Gasteiger partial charge in [-0.1, -0.05) is 29.8 Å². The summed E-state index contributed by atoms with van der Waals surface area (Å²) < 4.78 is 0. The molecule has 1 aliphatic rings. The lowest BCUT2D eigenvalue weighted by molar-refractivity contribution is 0.312. The Bertz CT molecular complexity index is 929. The van der Waals surface area contributed by atoms with Crippen LogP contribution in [0.4, 0.5) is 17.5 Å². The number of benzene rings is 2. The molecule has 1 aliphatic heterocycles. The van der Waals surface area contributed by atoms with E-state index in [0.717, 1.165) is 48.6 Å². The Balaban J connectivity index is 1.73. The van der Waals surface area contributed by atoms with Gasteiger partial charge in [-0.2, -0.15) is 4.98 Å². The minimum atomic E-state index is 0.657. The number of anilines is 3. The molecular weight excluding hydrogens is 322 g/mol. The van der Waals surface area contributed by atoms with Crippen molar-refractivity contribution in [2.75, 3.05) is 43.4 Å². The van der Waals surface area contributed by atoms with E-state index in [1.165, 1.54) is 11.1 Å². The molecule has 1 aromatic heterocycles. The van der Waals surface area contributed by atoms with Gasteiger partial charge in [0.05, 0.1) is 5.52 Å². The summed E-state index contributed by atoms with van der Waals surface area (Å²) in [4.78, 5) is 14.4. The summed E-state index contributed by atoms with van der Waals surface area (Å²) in [5.74, 6) is 1.68. The van der Waals surface area contributed by atoms with Gasteiger partial charge in [0.25, 0.3) is 0 Å². The number of rotatable bonds is 3. The van der Waals surface area contributed by atoms with E-state index in [9.17, 15) is 0 Å². The highest BCUT2D eigenvalue weighted by atomic mass is 15.3. The number of hydrogen-bond donors (Lipinski definition) is 1. The van der Waals surface area contributed by atoms with Gasteiger partial charge in [0, 0.05) is 37.3 Å². The average molecular weight is 347 g/mol. The highest BCUT2D eigenvalue weighted by molar-refractivity contribution is 5.90. The quantitative estimate of drug-likeness (QED) is 0.782. The van der Waals surface area contributed by atoms with E-state index in [0.29, 0.717) is 5.95 Å². The van der Waals surface area contributed by atoms with Crippen LogP contribution in [0.25, 0.3) is 10.9 Å². The molecule has 2 aromatic carbocycles. The second kappa shape index (κ2) is 6.92. The molecule has 0 atom stereocenters. The molecular formula is C21H25N5. The van der Waals surface area contributed by atoms with Crippen LogP contribution in [-0.2, 0) is 0 Å². The fourth-order valence-electron chi connectivity index (χ4n) is 3.45. The Morgan fingerprint density at radius 1 is 0.923 bits per heavy atom. The number of aryl methyl sites for hydroxylation is 2. The second-order valence-electron chi connectivity index (χ2n) is 7.12. The number of nitrogens with one attached hydrogen (secondary N) is 1. The van der Waals surface area contributed by atoms with Gasteiger partial charge in [0.2, 0.25) is 5.95 Å². The maximum absolute atomic E-state index is 4.89. The second-order valence-corrected chi connectivity index (χ2v) is 7.12. The van der Waals surface area contributed by atoms with Crippen LogP contribution in [0.1, 0.15) is 11.1 Å². The van der Waals surface area contributed by atoms with Gasteiger partial charge in [-0.25, -0.2) is 4.98 Å². The van der Waals surface area contributed by atoms with Crippen molar-refractivity contribution in [1.82, 2.24) is 14.9 Å². The zero-order chi connectivity index (χ0) is 18.1. The summed E-state index contributed by atoms with van der Waals surface area (Å²) in [6.07, 6.45) is 0. The third kappa shape index (κ3) is 3.35. The maximum Gasteiger partial charge on any atom is 0.229 e. The predicted octanol–water partition coefficient (Wildman–Crippen LogP) is 3.74. The standard InChI is InChI=1S/C21H25N5/c1-15-8-9-18(16(2)14-15)22-21-23-19-7-5-4-6-17(19)20(24-21)26-12-10-25(3)11-13-26/h4-9,14H,10-13H2,1-3H3,(H,22,23,24). The van der Waals surface area contributed by atoms with Crippen molar-refractivity contribution in [3.63, 3.8) is 0 Å². The molecule has 4 rings (SSSR count). The fraction of sp³-hybridized carbons (Fsp3) is 0.333. The number of nitrogens with zero attached hydrogens (tertiary/aromatic N) is 4. The molecule has 5 heteroatoms. The molecule has 0 unspecified atom stereocenters. The van der Waals surface area contributed by atoms with Crippen molar-refractivity contribution in [3.8, 4) is 0 Å². The van der Waals surface area contributed by atoms with E-state index < -0.39 is 0 Å². The van der Waals surface area contributed by atoms with Crippen LogP contribution < -0.4 is 10.2 Å². The lowest BCUT2D eigenvalue weighted by Crippen LogP contribution is -2.45. The molecule has 0 spiro atoms. The largest absolute Gasteiger partial charge is 0.353 e. The van der Waals surface area contributed by atoms with Crippen molar-refractivity contribution in [1.29, 1.82) is 0 Å². The lowest BCUT2D eigenvalue weighted by atomic mass is 10.1. The Kier molecular flexibility index (Phi) is 4.47. The van der Waals surface area contributed by atoms with E-state index >= 15 is 0 Å². The molecule has 3 aromatic rings. The minimum absolute atomic E-state index is 0.657. The Labute approximate surface area is 154 Å². The maximum atomic E-state index is 4.89. The Morgan fingerprint density at radius 3 is 2.46 bits per heavy atom. The molecule has 134 valence electrons. The molecule has 0 aliphatic carbocycles. The molecule has 0 amide bonds. The van der Waals surface area contributed by atoms with E-state index in [4.69, 9.17) is 9.97 Å². The van der Waals surface area contributed by atoms with Gasteiger partial charge in [-0.05, 0) is 44.7 Å². The van der Waals surface area contributed by atoms with E-state index in [-0.39, 0.29) is 0 Å². The number of likely N-dealkylation sites (N-methyl/N-ethyl adjacent to an activating group) is 1. The van der Waals surface area contributed by atoms with Gasteiger partial charge in [-0.15, -0.1) is 0 Å². The van der Waals surface area contributed by atoms with Crippen molar-refractivity contribution in [3.05, 3.63) is 53.6 Å². The topological polar surface area (TPSA) is 44.3 Å². The van der Waals surface area contributed by atoms with Gasteiger partial charge >= 0.3 is 0 Å². The summed E-state index contributed by atoms with van der Waals surface area (Å²) in [6.45, 7) is 8.30. The van der Waals surface area contributed by atoms with E-state index in [2.05, 4.69) is 72.4 Å². The zero-order valence-corrected chi connectivity index (χ0v) is 15.7. The van der Waals surface area contributed by atoms with Crippen LogP contribution in [0.2, 0.25) is 0 Å². The summed E-state index contributed by atoms with van der Waals surface area (Å²) in [7, 11) is 2.17. The molecule has 1 N–H and O–H groups in total. The molecule has 0 radical (unpaired) electrons. The average Bonchev–Trinajstić information content (AvgIpc) is 2.64. The minimum Gasteiger partial charge on any atom is -0.353 e. The summed E-state index contributed by atoms with van der Waals surface area (Å²) in [6, 6.07) is 14.6. The molecule has 0 saturated carbocycles. The zero-order valence-electron chi connectivity index (χ0n) is 15.7. The van der Waals surface area contributed by atoms with Crippen molar-refractivity contribution in [2.24, 2.45) is 0 Å². The lowest BCUT2D eigenvalue weighted by Gasteiger charge is -2.33. The number of para-hydroxylation sites is 1. The SMILES string of the molecule is Cc1ccc(Nc2nc(N3CCN(C)CC3)c3ccccc3n2)c(C)c1. The van der Waals surface area contributed by atoms with Crippen LogP contribution in [-0.4, -0.2) is 48.1 Å². The first-order valence-corrected chi connectivity index (χ1v) is 9.15. The van der Waals surface area contributed by atoms with Gasteiger partial charge in [0.15, 0.2) is 0 Å². The van der Waals surface area contributed by atoms with Crippen LogP contribution in [0, 0.1) is 13.8 Å². The predicted molar refractivity (Wildman–Crippen MR) is 108 cm³/mol. The first kappa shape index (κ1) is 16.8. The number of piperazine rings is 1. The van der Waals surface area contributed by atoms with E-state index in [1.54, 1.807) is 0 Å². The Hall–Kier alpha value is -2.66. The number of aromatic nitrogens is 2. The molecule has 1 fully saturated rings. The highest BCUT2D eigenvalue weighted by Gasteiger charge is 2.19. The van der Waals surface area contributed by atoms with Gasteiger partial charge < -0.3 is 15.1 Å². The third-order valence-corrected chi connectivity index (χ3v) is 5.01. The van der Waals surface area contributed by atoms with E-state index in [1.807, 2.05) is 6.07 Å². The van der Waals surface area contributed by atoms with Crippen molar-refractivity contribution >= 4 is 28.4 Å². The van der Waals surface area contributed by atoms with Crippen LogP contribution in [0.3, 0.4) is 0 Å².